The molecule has 0 spiro atoms. The van der Waals surface area contributed by atoms with Crippen molar-refractivity contribution in [1.82, 2.24) is 5.32 Å². The Morgan fingerprint density at radius 1 is 0.893 bits per heavy atom. The number of nitrogens with one attached hydrogen (secondary N) is 1. The molecule has 1 saturated heterocycles. The Morgan fingerprint density at radius 3 is 1.93 bits per heavy atom. The molecule has 1 aliphatic heterocycles. The average Bonchev–Trinajstić information content (AvgIpc) is 2.54. The molecule has 0 bridgehead atoms. The van der Waals surface area contributed by atoms with E-state index in [1.165, 1.54) is 6.92 Å². The van der Waals surface area contributed by atoms with Crippen molar-refractivity contribution in [2.24, 2.45) is 5.16 Å². The number of amides is 1. The topological polar surface area (TPSA) is 156 Å². The third kappa shape index (κ3) is 7.21. The van der Waals surface area contributed by atoms with Gasteiger partial charge in [0.05, 0.1) is 0 Å². The van der Waals surface area contributed by atoms with Gasteiger partial charge < -0.3 is 29.1 Å². The van der Waals surface area contributed by atoms with Crippen LogP contribution < -0.4 is 5.32 Å². The Morgan fingerprint density at radius 2 is 1.46 bits per heavy atom. The van der Waals surface area contributed by atoms with Crippen LogP contribution in [0.1, 0.15) is 34.6 Å². The minimum Gasteiger partial charge on any atom is -0.466 e. The molecule has 0 aromatic rings. The second-order valence-corrected chi connectivity index (χ2v) is 5.80. The van der Waals surface area contributed by atoms with Crippen LogP contribution in [0.15, 0.2) is 5.16 Å². The fraction of sp³-hybridized carbons (Fsp3) is 0.625. The van der Waals surface area contributed by atoms with Crippen molar-refractivity contribution in [3.63, 3.8) is 0 Å². The summed E-state index contributed by atoms with van der Waals surface area (Å²) in [6.07, 6.45) is -3.71. The van der Waals surface area contributed by atoms with Gasteiger partial charge in [0.15, 0.2) is 18.3 Å². The lowest BCUT2D eigenvalue weighted by molar-refractivity contribution is -0.186. The Bertz CT molecular complexity index is 674. The predicted molar refractivity (Wildman–Crippen MR) is 89.4 cm³/mol. The van der Waals surface area contributed by atoms with Crippen LogP contribution in [0.25, 0.3) is 0 Å². The molecule has 1 heterocycles. The van der Waals surface area contributed by atoms with Gasteiger partial charge in [0.1, 0.15) is 12.6 Å². The first-order chi connectivity index (χ1) is 13.0. The molecule has 28 heavy (non-hydrogen) atoms. The third-order valence-corrected chi connectivity index (χ3v) is 3.23. The molecule has 1 N–H and O–H groups in total. The van der Waals surface area contributed by atoms with Gasteiger partial charge in [-0.15, -0.1) is 0 Å². The van der Waals surface area contributed by atoms with Gasteiger partial charge in [-0.2, -0.15) is 0 Å². The van der Waals surface area contributed by atoms with Crippen LogP contribution in [0, 0.1) is 0 Å². The van der Waals surface area contributed by atoms with Crippen molar-refractivity contribution in [2.75, 3.05) is 6.61 Å². The van der Waals surface area contributed by atoms with Crippen molar-refractivity contribution < 1.29 is 47.8 Å². The van der Waals surface area contributed by atoms with E-state index < -0.39 is 60.7 Å². The number of carbonyl (C=O) groups excluding carboxylic acids is 5. The van der Waals surface area contributed by atoms with Crippen molar-refractivity contribution in [1.29, 1.82) is 0 Å². The van der Waals surface area contributed by atoms with Crippen LogP contribution in [0.5, 0.6) is 0 Å². The maximum atomic E-state index is 11.6. The number of ether oxygens (including phenoxy) is 4. The van der Waals surface area contributed by atoms with Crippen molar-refractivity contribution in [2.45, 2.75) is 59.0 Å². The molecule has 12 nitrogen and oxygen atoms in total. The third-order valence-electron chi connectivity index (χ3n) is 3.23. The molecule has 1 rings (SSSR count). The minimum atomic E-state index is -1.30. The van der Waals surface area contributed by atoms with Gasteiger partial charge in [-0.05, 0) is 5.16 Å². The van der Waals surface area contributed by atoms with Crippen LogP contribution in [0.2, 0.25) is 0 Å². The van der Waals surface area contributed by atoms with E-state index in [1.807, 2.05) is 0 Å². The zero-order valence-electron chi connectivity index (χ0n) is 16.0. The van der Waals surface area contributed by atoms with E-state index in [1.54, 1.807) is 0 Å². The average molecular weight is 402 g/mol. The Balaban J connectivity index is 3.37. The molecule has 1 amide bonds. The number of oxime groups is 1. The molecule has 12 heteroatoms. The van der Waals surface area contributed by atoms with Gasteiger partial charge in [0.2, 0.25) is 5.91 Å². The smallest absolute Gasteiger partial charge is 0.332 e. The molecule has 0 aromatic heterocycles. The number of esters is 3. The molecule has 0 aliphatic carbocycles. The first-order valence-corrected chi connectivity index (χ1v) is 8.18. The van der Waals surface area contributed by atoms with Gasteiger partial charge in [-0.3, -0.25) is 19.2 Å². The predicted octanol–water partition coefficient (Wildman–Crippen LogP) is -0.807. The lowest BCUT2D eigenvalue weighted by Gasteiger charge is -2.41. The van der Waals surface area contributed by atoms with Crippen molar-refractivity contribution in [3.05, 3.63) is 0 Å². The van der Waals surface area contributed by atoms with Gasteiger partial charge in [-0.1, -0.05) is 0 Å². The lowest BCUT2D eigenvalue weighted by Crippen LogP contribution is -2.64. The minimum absolute atomic E-state index is 0.336. The lowest BCUT2D eigenvalue weighted by atomic mass is 9.96. The molecule has 0 radical (unpaired) electrons. The SMILES string of the molecule is CC(=O)N[C@H]1C(=NOC(C)=O)O[C@H](COC(C)=O)[C@@H](OC(C)=O)[C@@H]1OC(C)=O. The van der Waals surface area contributed by atoms with E-state index >= 15 is 0 Å². The first kappa shape index (κ1) is 22.9. The second-order valence-electron chi connectivity index (χ2n) is 5.80. The monoisotopic (exact) mass is 402 g/mol. The summed E-state index contributed by atoms with van der Waals surface area (Å²) < 4.78 is 20.8. The number of carbonyl (C=O) groups is 5. The van der Waals surface area contributed by atoms with E-state index in [0.29, 0.717) is 0 Å². The number of hydrogen-bond acceptors (Lipinski definition) is 11. The van der Waals surface area contributed by atoms with Crippen LogP contribution in [0.3, 0.4) is 0 Å². The summed E-state index contributed by atoms with van der Waals surface area (Å²) in [4.78, 5) is 61.5. The maximum Gasteiger partial charge on any atom is 0.332 e. The van der Waals surface area contributed by atoms with E-state index in [0.717, 1.165) is 27.7 Å². The fourth-order valence-electron chi connectivity index (χ4n) is 2.38. The number of rotatable bonds is 6. The van der Waals surface area contributed by atoms with Gasteiger partial charge in [0.25, 0.3) is 5.90 Å². The highest BCUT2D eigenvalue weighted by molar-refractivity contribution is 5.89. The summed E-state index contributed by atoms with van der Waals surface area (Å²) in [5.41, 5.74) is 0. The summed E-state index contributed by atoms with van der Waals surface area (Å²) in [6, 6.07) is -1.24. The molecule has 0 aromatic carbocycles. The molecule has 0 unspecified atom stereocenters. The van der Waals surface area contributed by atoms with E-state index in [9.17, 15) is 24.0 Å². The summed E-state index contributed by atoms with van der Waals surface area (Å²) >= 11 is 0. The summed E-state index contributed by atoms with van der Waals surface area (Å²) in [5, 5.41) is 5.96. The summed E-state index contributed by atoms with van der Waals surface area (Å²) in [5.74, 6) is -3.80. The van der Waals surface area contributed by atoms with Crippen molar-refractivity contribution in [3.8, 4) is 0 Å². The van der Waals surface area contributed by atoms with Gasteiger partial charge in [0, 0.05) is 34.6 Å². The van der Waals surface area contributed by atoms with Crippen LogP contribution in [-0.2, 0) is 47.8 Å². The normalized spacial score (nSPS) is 25.1. The van der Waals surface area contributed by atoms with Gasteiger partial charge >= 0.3 is 23.9 Å². The van der Waals surface area contributed by atoms with Crippen molar-refractivity contribution >= 4 is 35.7 Å². The molecule has 4 atom stereocenters. The maximum absolute atomic E-state index is 11.6. The standard InChI is InChI=1S/C16H22N2O10/c1-7(19)17-13-15(26-10(4)22)14(25-9(3)21)12(6-24-8(2)20)27-16(13)18-28-11(5)23/h12-15H,6H2,1-5H3,(H,17,19)/t12-,13-,14-,15-/m1/s1. The highest BCUT2D eigenvalue weighted by Gasteiger charge is 2.50. The summed E-state index contributed by atoms with van der Waals surface area (Å²) in [7, 11) is 0. The largest absolute Gasteiger partial charge is 0.466 e. The first-order valence-electron chi connectivity index (χ1n) is 8.18. The van der Waals surface area contributed by atoms with E-state index in [4.69, 9.17) is 18.9 Å². The number of hydrogen-bond donors (Lipinski definition) is 1. The van der Waals surface area contributed by atoms with Crippen LogP contribution in [0.4, 0.5) is 0 Å². The molecule has 156 valence electrons. The number of nitrogens with zero attached hydrogens (tertiary/aromatic N) is 1. The molecule has 1 fully saturated rings. The van der Waals surface area contributed by atoms with E-state index in [2.05, 4.69) is 15.3 Å². The summed E-state index contributed by atoms with van der Waals surface area (Å²) in [6.45, 7) is 5.25. The highest BCUT2D eigenvalue weighted by Crippen LogP contribution is 2.25. The second kappa shape index (κ2) is 10.2. The Labute approximate surface area is 160 Å². The van der Waals surface area contributed by atoms with E-state index in [-0.39, 0.29) is 5.90 Å². The van der Waals surface area contributed by atoms with Crippen LogP contribution in [-0.4, -0.2) is 66.6 Å². The zero-order valence-corrected chi connectivity index (χ0v) is 16.0. The quantitative estimate of drug-likeness (QED) is 0.258. The van der Waals surface area contributed by atoms with Crippen LogP contribution >= 0.6 is 0 Å². The fourth-order valence-corrected chi connectivity index (χ4v) is 2.38. The Kier molecular flexibility index (Phi) is 8.35. The Hall–Kier alpha value is -3.18. The molecular weight excluding hydrogens is 380 g/mol. The van der Waals surface area contributed by atoms with Gasteiger partial charge in [-0.25, -0.2) is 4.79 Å². The molecule has 0 saturated carbocycles. The highest BCUT2D eigenvalue weighted by atomic mass is 16.7. The molecule has 1 aliphatic rings. The molecular formula is C16H22N2O10. The zero-order chi connectivity index (χ0) is 21.4.